The number of benzene rings is 1. The van der Waals surface area contributed by atoms with E-state index in [2.05, 4.69) is 5.10 Å². The van der Waals surface area contributed by atoms with Crippen molar-refractivity contribution in [2.24, 2.45) is 7.05 Å². The Morgan fingerprint density at radius 3 is 2.76 bits per heavy atom. The first kappa shape index (κ1) is 15.4. The molecule has 126 valence electrons. The van der Waals surface area contributed by atoms with E-state index in [9.17, 15) is 4.79 Å². The maximum atomic E-state index is 12.4. The minimum absolute atomic E-state index is 0.0355. The number of carbonyl (C=O) groups is 1. The number of pyridine rings is 1. The highest BCUT2D eigenvalue weighted by atomic mass is 16.5. The second-order valence-electron chi connectivity index (χ2n) is 6.07. The maximum Gasteiger partial charge on any atom is 0.261 e. The van der Waals surface area contributed by atoms with E-state index in [0.29, 0.717) is 18.8 Å². The fourth-order valence-electron chi connectivity index (χ4n) is 2.90. The Morgan fingerprint density at radius 1 is 1.16 bits per heavy atom. The van der Waals surface area contributed by atoms with Gasteiger partial charge in [0.15, 0.2) is 6.61 Å². The lowest BCUT2D eigenvalue weighted by molar-refractivity contribution is -0.133. The summed E-state index contributed by atoms with van der Waals surface area (Å²) in [5, 5.41) is 4.19. The molecule has 0 saturated heterocycles. The van der Waals surface area contributed by atoms with Gasteiger partial charge in [0.1, 0.15) is 11.4 Å². The highest BCUT2D eigenvalue weighted by molar-refractivity contribution is 5.78. The van der Waals surface area contributed by atoms with Crippen molar-refractivity contribution in [1.82, 2.24) is 19.7 Å². The number of ether oxygens (including phenoxy) is 1. The fourth-order valence-corrected chi connectivity index (χ4v) is 2.90. The standard InChI is InChI=1S/C19H18N4O2/c1-22-11-15(9-20-22)16-7-8-18-17(21-16)12-23(19(24)13-25-18)10-14-5-3-2-4-6-14/h2-9,11H,10,12-13H2,1H3. The van der Waals surface area contributed by atoms with Gasteiger partial charge in [-0.05, 0) is 17.7 Å². The van der Waals surface area contributed by atoms with Crippen molar-refractivity contribution in [3.05, 3.63) is 66.1 Å². The van der Waals surface area contributed by atoms with Crippen molar-refractivity contribution < 1.29 is 9.53 Å². The molecule has 1 aliphatic rings. The van der Waals surface area contributed by atoms with Crippen LogP contribution in [-0.2, 0) is 24.9 Å². The smallest absolute Gasteiger partial charge is 0.261 e. The predicted molar refractivity (Wildman–Crippen MR) is 92.6 cm³/mol. The van der Waals surface area contributed by atoms with E-state index in [1.165, 1.54) is 0 Å². The molecule has 0 fully saturated rings. The van der Waals surface area contributed by atoms with Crippen molar-refractivity contribution in [3.8, 4) is 17.0 Å². The van der Waals surface area contributed by atoms with Crippen LogP contribution in [0.2, 0.25) is 0 Å². The highest BCUT2D eigenvalue weighted by Crippen LogP contribution is 2.26. The molecule has 0 atom stereocenters. The molecule has 0 N–H and O–H groups in total. The minimum Gasteiger partial charge on any atom is -0.482 e. The molecule has 6 heteroatoms. The Labute approximate surface area is 145 Å². The summed E-state index contributed by atoms with van der Waals surface area (Å²) in [6.45, 7) is 1.01. The van der Waals surface area contributed by atoms with Crippen LogP contribution in [0.25, 0.3) is 11.3 Å². The lowest BCUT2D eigenvalue weighted by atomic mass is 10.2. The number of hydrogen-bond donors (Lipinski definition) is 0. The van der Waals surface area contributed by atoms with Crippen molar-refractivity contribution in [3.63, 3.8) is 0 Å². The zero-order chi connectivity index (χ0) is 17.2. The second-order valence-corrected chi connectivity index (χ2v) is 6.07. The predicted octanol–water partition coefficient (Wildman–Crippen LogP) is 2.40. The summed E-state index contributed by atoms with van der Waals surface area (Å²) in [4.78, 5) is 18.9. The van der Waals surface area contributed by atoms with Gasteiger partial charge in [-0.25, -0.2) is 4.98 Å². The third-order valence-electron chi connectivity index (χ3n) is 4.19. The van der Waals surface area contributed by atoms with Crippen LogP contribution in [0.5, 0.6) is 5.75 Å². The lowest BCUT2D eigenvalue weighted by Crippen LogP contribution is -2.32. The Kier molecular flexibility index (Phi) is 3.93. The van der Waals surface area contributed by atoms with Gasteiger partial charge < -0.3 is 9.64 Å². The van der Waals surface area contributed by atoms with E-state index < -0.39 is 0 Å². The van der Waals surface area contributed by atoms with E-state index >= 15 is 0 Å². The normalized spacial score (nSPS) is 14.0. The third kappa shape index (κ3) is 3.24. The Morgan fingerprint density at radius 2 is 2.00 bits per heavy atom. The number of aryl methyl sites for hydroxylation is 1. The number of amides is 1. The second kappa shape index (κ2) is 6.39. The molecule has 1 aliphatic heterocycles. The van der Waals surface area contributed by atoms with Gasteiger partial charge in [-0.15, -0.1) is 0 Å². The van der Waals surface area contributed by atoms with Gasteiger partial charge in [0.25, 0.3) is 5.91 Å². The van der Waals surface area contributed by atoms with Gasteiger partial charge in [-0.1, -0.05) is 30.3 Å². The summed E-state index contributed by atoms with van der Waals surface area (Å²) in [7, 11) is 1.87. The first-order valence-corrected chi connectivity index (χ1v) is 8.12. The molecule has 0 bridgehead atoms. The molecule has 0 unspecified atom stereocenters. The first-order chi connectivity index (χ1) is 12.2. The number of nitrogens with zero attached hydrogens (tertiary/aromatic N) is 4. The molecular weight excluding hydrogens is 316 g/mol. The Bertz CT molecular complexity index is 905. The average Bonchev–Trinajstić information content (AvgIpc) is 3.00. The average molecular weight is 334 g/mol. The van der Waals surface area contributed by atoms with E-state index in [4.69, 9.17) is 9.72 Å². The zero-order valence-corrected chi connectivity index (χ0v) is 13.9. The number of aromatic nitrogens is 3. The van der Waals surface area contributed by atoms with Gasteiger partial charge >= 0.3 is 0 Å². The molecule has 1 aromatic carbocycles. The number of carbonyl (C=O) groups excluding carboxylic acids is 1. The van der Waals surface area contributed by atoms with Crippen molar-refractivity contribution in [1.29, 1.82) is 0 Å². The van der Waals surface area contributed by atoms with Crippen LogP contribution in [0.1, 0.15) is 11.3 Å². The maximum absolute atomic E-state index is 12.4. The van der Waals surface area contributed by atoms with Crippen molar-refractivity contribution in [2.75, 3.05) is 6.61 Å². The largest absolute Gasteiger partial charge is 0.482 e. The lowest BCUT2D eigenvalue weighted by Gasteiger charge is -2.19. The number of fused-ring (bicyclic) bond motifs is 1. The number of rotatable bonds is 3. The topological polar surface area (TPSA) is 60.2 Å². The monoisotopic (exact) mass is 334 g/mol. The molecule has 0 spiro atoms. The summed E-state index contributed by atoms with van der Waals surface area (Å²) >= 11 is 0. The summed E-state index contributed by atoms with van der Waals surface area (Å²) in [6, 6.07) is 13.7. The quantitative estimate of drug-likeness (QED) is 0.738. The Balaban J connectivity index is 1.63. The summed E-state index contributed by atoms with van der Waals surface area (Å²) in [5.74, 6) is 0.626. The molecule has 6 nitrogen and oxygen atoms in total. The van der Waals surface area contributed by atoms with Crippen LogP contribution in [0, 0.1) is 0 Å². The van der Waals surface area contributed by atoms with Crippen LogP contribution in [0.3, 0.4) is 0 Å². The van der Waals surface area contributed by atoms with E-state index in [0.717, 1.165) is 22.5 Å². The zero-order valence-electron chi connectivity index (χ0n) is 13.9. The fraction of sp³-hybridized carbons (Fsp3) is 0.211. The van der Waals surface area contributed by atoms with Crippen molar-refractivity contribution >= 4 is 5.91 Å². The van der Waals surface area contributed by atoms with Gasteiger partial charge in [0.05, 0.1) is 18.4 Å². The molecule has 0 saturated carbocycles. The molecule has 2 aromatic heterocycles. The minimum atomic E-state index is -0.0372. The van der Waals surface area contributed by atoms with E-state index in [-0.39, 0.29) is 12.5 Å². The van der Waals surface area contributed by atoms with Crippen LogP contribution in [0.15, 0.2) is 54.9 Å². The van der Waals surface area contributed by atoms with Crippen LogP contribution in [0.4, 0.5) is 0 Å². The Hall–Kier alpha value is -3.15. The molecule has 3 heterocycles. The summed E-state index contributed by atoms with van der Waals surface area (Å²) < 4.78 is 7.39. The molecular formula is C19H18N4O2. The van der Waals surface area contributed by atoms with Crippen LogP contribution < -0.4 is 4.74 Å². The molecule has 1 amide bonds. The molecule has 3 aromatic rings. The molecule has 25 heavy (non-hydrogen) atoms. The van der Waals surface area contributed by atoms with E-state index in [1.54, 1.807) is 15.8 Å². The SMILES string of the molecule is Cn1cc(-c2ccc3c(n2)CN(Cc2ccccc2)C(=O)CO3)cn1. The summed E-state index contributed by atoms with van der Waals surface area (Å²) in [6.07, 6.45) is 3.69. The van der Waals surface area contributed by atoms with Gasteiger partial charge in [-0.3, -0.25) is 9.48 Å². The van der Waals surface area contributed by atoms with Crippen molar-refractivity contribution in [2.45, 2.75) is 13.1 Å². The third-order valence-corrected chi connectivity index (χ3v) is 4.19. The molecule has 0 radical (unpaired) electrons. The van der Waals surface area contributed by atoms with Gasteiger partial charge in [0.2, 0.25) is 0 Å². The molecule has 0 aliphatic carbocycles. The highest BCUT2D eigenvalue weighted by Gasteiger charge is 2.23. The van der Waals surface area contributed by atoms with Crippen LogP contribution >= 0.6 is 0 Å². The number of hydrogen-bond acceptors (Lipinski definition) is 4. The first-order valence-electron chi connectivity index (χ1n) is 8.12. The van der Waals surface area contributed by atoms with Crippen LogP contribution in [-0.4, -0.2) is 32.2 Å². The van der Waals surface area contributed by atoms with E-state index in [1.807, 2.05) is 55.7 Å². The summed E-state index contributed by atoms with van der Waals surface area (Å²) in [5.41, 5.74) is 3.62. The van der Waals surface area contributed by atoms with Gasteiger partial charge in [0, 0.05) is 25.4 Å². The van der Waals surface area contributed by atoms with Gasteiger partial charge in [-0.2, -0.15) is 5.10 Å². The molecule has 4 rings (SSSR count).